The van der Waals surface area contributed by atoms with Gasteiger partial charge < -0.3 is 14.8 Å². The van der Waals surface area contributed by atoms with Gasteiger partial charge in [-0.2, -0.15) is 0 Å². The van der Waals surface area contributed by atoms with E-state index in [4.69, 9.17) is 9.47 Å². The first kappa shape index (κ1) is 15.8. The summed E-state index contributed by atoms with van der Waals surface area (Å²) < 4.78 is 11.4. The van der Waals surface area contributed by atoms with Gasteiger partial charge in [0, 0.05) is 13.2 Å². The molecule has 0 spiro atoms. The zero-order chi connectivity index (χ0) is 15.0. The van der Waals surface area contributed by atoms with Gasteiger partial charge >= 0.3 is 0 Å². The summed E-state index contributed by atoms with van der Waals surface area (Å²) in [5.74, 6) is 1.84. The summed E-state index contributed by atoms with van der Waals surface area (Å²) >= 11 is 0. The Morgan fingerprint density at radius 3 is 2.55 bits per heavy atom. The first-order valence-corrected chi connectivity index (χ1v) is 8.94. The Balaban J connectivity index is 1.35. The summed E-state index contributed by atoms with van der Waals surface area (Å²) in [6.07, 6.45) is 9.67. The number of hydrogen-bond donors (Lipinski definition) is 1. The molecule has 1 atom stereocenters. The molecule has 1 aromatic carbocycles. The van der Waals surface area contributed by atoms with Crippen molar-refractivity contribution in [2.75, 3.05) is 19.8 Å². The highest BCUT2D eigenvalue weighted by molar-refractivity contribution is 5.27. The molecule has 0 radical (unpaired) electrons. The number of nitrogens with one attached hydrogen (secondary N) is 1. The van der Waals surface area contributed by atoms with E-state index in [1.54, 1.807) is 0 Å². The van der Waals surface area contributed by atoms with Crippen LogP contribution in [0.15, 0.2) is 24.3 Å². The molecule has 3 rings (SSSR count). The van der Waals surface area contributed by atoms with E-state index in [1.165, 1.54) is 44.1 Å². The van der Waals surface area contributed by atoms with Crippen LogP contribution in [-0.2, 0) is 11.3 Å². The van der Waals surface area contributed by atoms with Crippen molar-refractivity contribution in [1.29, 1.82) is 0 Å². The predicted octanol–water partition coefficient (Wildman–Crippen LogP) is 3.91. The maximum Gasteiger partial charge on any atom is 0.119 e. The quantitative estimate of drug-likeness (QED) is 0.828. The molecule has 1 saturated heterocycles. The maximum atomic E-state index is 5.80. The Morgan fingerprint density at radius 2 is 1.82 bits per heavy atom. The van der Waals surface area contributed by atoms with E-state index in [9.17, 15) is 0 Å². The Kier molecular flexibility index (Phi) is 6.14. The van der Waals surface area contributed by atoms with Gasteiger partial charge in [-0.25, -0.2) is 0 Å². The fraction of sp³-hybridized carbons (Fsp3) is 0.684. The molecule has 1 N–H and O–H groups in total. The van der Waals surface area contributed by atoms with E-state index in [0.717, 1.165) is 37.8 Å². The van der Waals surface area contributed by atoms with Crippen LogP contribution in [0.5, 0.6) is 5.75 Å². The lowest BCUT2D eigenvalue weighted by molar-refractivity contribution is 0.0679. The highest BCUT2D eigenvalue weighted by Gasteiger charge is 2.16. The van der Waals surface area contributed by atoms with Gasteiger partial charge in [0.15, 0.2) is 0 Å². The van der Waals surface area contributed by atoms with Gasteiger partial charge in [0.2, 0.25) is 0 Å². The van der Waals surface area contributed by atoms with Crippen LogP contribution in [0.25, 0.3) is 0 Å². The Labute approximate surface area is 134 Å². The zero-order valence-corrected chi connectivity index (χ0v) is 13.6. The molecule has 1 aromatic rings. The van der Waals surface area contributed by atoms with Gasteiger partial charge in [-0.1, -0.05) is 31.4 Å². The summed E-state index contributed by atoms with van der Waals surface area (Å²) in [5.41, 5.74) is 1.33. The third-order valence-corrected chi connectivity index (χ3v) is 4.87. The summed E-state index contributed by atoms with van der Waals surface area (Å²) in [5, 5.41) is 3.61. The first-order chi connectivity index (χ1) is 10.9. The van der Waals surface area contributed by atoms with Gasteiger partial charge in [-0.3, -0.25) is 0 Å². The van der Waals surface area contributed by atoms with Crippen molar-refractivity contribution in [3.8, 4) is 5.75 Å². The lowest BCUT2D eigenvalue weighted by Crippen LogP contribution is -2.24. The minimum absolute atomic E-state index is 0.289. The van der Waals surface area contributed by atoms with Crippen molar-refractivity contribution in [3.63, 3.8) is 0 Å². The van der Waals surface area contributed by atoms with Crippen molar-refractivity contribution in [3.05, 3.63) is 29.8 Å². The average molecular weight is 303 g/mol. The smallest absolute Gasteiger partial charge is 0.119 e. The molecule has 0 aromatic heterocycles. The Hall–Kier alpha value is -1.06. The normalized spacial score (nSPS) is 22.8. The summed E-state index contributed by atoms with van der Waals surface area (Å²) in [7, 11) is 0. The third kappa shape index (κ3) is 4.99. The molecule has 2 aliphatic rings. The molecular formula is C19H29NO2. The molecule has 1 aliphatic carbocycles. The molecule has 3 heteroatoms. The van der Waals surface area contributed by atoms with Crippen molar-refractivity contribution in [1.82, 2.24) is 5.32 Å². The highest BCUT2D eigenvalue weighted by atomic mass is 16.5. The second-order valence-corrected chi connectivity index (χ2v) is 6.72. The number of benzene rings is 1. The Bertz CT molecular complexity index is 420. The SMILES string of the molecule is c1cc(OCC2CCCO2)ccc1CNCC1CCCCC1. The van der Waals surface area contributed by atoms with Crippen LogP contribution in [0.1, 0.15) is 50.5 Å². The largest absolute Gasteiger partial charge is 0.491 e. The highest BCUT2D eigenvalue weighted by Crippen LogP contribution is 2.23. The number of hydrogen-bond acceptors (Lipinski definition) is 3. The van der Waals surface area contributed by atoms with E-state index < -0.39 is 0 Å². The second kappa shape index (κ2) is 8.54. The molecule has 0 bridgehead atoms. The van der Waals surface area contributed by atoms with Crippen LogP contribution in [0.3, 0.4) is 0 Å². The summed E-state index contributed by atoms with van der Waals surface area (Å²) in [4.78, 5) is 0. The van der Waals surface area contributed by atoms with Crippen LogP contribution in [0, 0.1) is 5.92 Å². The average Bonchev–Trinajstić information content (AvgIpc) is 3.09. The van der Waals surface area contributed by atoms with Gasteiger partial charge in [0.25, 0.3) is 0 Å². The van der Waals surface area contributed by atoms with E-state index in [-0.39, 0.29) is 6.10 Å². The lowest BCUT2D eigenvalue weighted by atomic mass is 9.89. The second-order valence-electron chi connectivity index (χ2n) is 6.72. The van der Waals surface area contributed by atoms with Crippen LogP contribution >= 0.6 is 0 Å². The van der Waals surface area contributed by atoms with Crippen LogP contribution in [0.4, 0.5) is 0 Å². The van der Waals surface area contributed by atoms with E-state index in [2.05, 4.69) is 29.6 Å². The number of rotatable bonds is 7. The van der Waals surface area contributed by atoms with Crippen molar-refractivity contribution in [2.45, 2.75) is 57.6 Å². The number of ether oxygens (including phenoxy) is 2. The predicted molar refractivity (Wildman–Crippen MR) is 89.2 cm³/mol. The summed E-state index contributed by atoms with van der Waals surface area (Å²) in [6.45, 7) is 3.69. The molecule has 1 aliphatic heterocycles. The first-order valence-electron chi connectivity index (χ1n) is 8.94. The lowest BCUT2D eigenvalue weighted by Gasteiger charge is -2.21. The van der Waals surface area contributed by atoms with Gasteiger partial charge in [-0.05, 0) is 55.8 Å². The minimum atomic E-state index is 0.289. The molecule has 2 fully saturated rings. The van der Waals surface area contributed by atoms with E-state index in [0.29, 0.717) is 6.61 Å². The monoisotopic (exact) mass is 303 g/mol. The van der Waals surface area contributed by atoms with Crippen LogP contribution in [-0.4, -0.2) is 25.9 Å². The topological polar surface area (TPSA) is 30.5 Å². The van der Waals surface area contributed by atoms with Crippen molar-refractivity contribution >= 4 is 0 Å². The molecule has 22 heavy (non-hydrogen) atoms. The van der Waals surface area contributed by atoms with Gasteiger partial charge in [-0.15, -0.1) is 0 Å². The molecule has 0 amide bonds. The molecule has 1 saturated carbocycles. The van der Waals surface area contributed by atoms with Gasteiger partial charge in [0.05, 0.1) is 6.10 Å². The molecule has 1 heterocycles. The molecular weight excluding hydrogens is 274 g/mol. The van der Waals surface area contributed by atoms with Crippen molar-refractivity contribution in [2.24, 2.45) is 5.92 Å². The van der Waals surface area contributed by atoms with Gasteiger partial charge in [0.1, 0.15) is 12.4 Å². The summed E-state index contributed by atoms with van der Waals surface area (Å²) in [6, 6.07) is 8.48. The fourth-order valence-electron chi connectivity index (χ4n) is 3.48. The molecule has 122 valence electrons. The Morgan fingerprint density at radius 1 is 1.00 bits per heavy atom. The van der Waals surface area contributed by atoms with E-state index in [1.807, 2.05) is 0 Å². The fourth-order valence-corrected chi connectivity index (χ4v) is 3.48. The van der Waals surface area contributed by atoms with E-state index >= 15 is 0 Å². The van der Waals surface area contributed by atoms with Crippen LogP contribution < -0.4 is 10.1 Å². The molecule has 1 unspecified atom stereocenters. The van der Waals surface area contributed by atoms with Crippen LogP contribution in [0.2, 0.25) is 0 Å². The zero-order valence-electron chi connectivity index (χ0n) is 13.6. The van der Waals surface area contributed by atoms with Crippen molar-refractivity contribution < 1.29 is 9.47 Å². The standard InChI is InChI=1S/C19H29NO2/c1-2-5-16(6-3-1)13-20-14-17-8-10-18(11-9-17)22-15-19-7-4-12-21-19/h8-11,16,19-20H,1-7,12-15H2. The molecule has 3 nitrogen and oxygen atoms in total. The maximum absolute atomic E-state index is 5.80. The minimum Gasteiger partial charge on any atom is -0.491 e. The third-order valence-electron chi connectivity index (χ3n) is 4.87.